The Morgan fingerprint density at radius 3 is 2.61 bits per heavy atom. The molecule has 1 amide bonds. The predicted octanol–water partition coefficient (Wildman–Crippen LogP) is 4.53. The smallest absolute Gasteiger partial charge is 0.378 e. The number of aliphatic hydroxyl groups excluding tert-OH is 1. The van der Waals surface area contributed by atoms with Gasteiger partial charge in [0.25, 0.3) is 11.5 Å². The van der Waals surface area contributed by atoms with E-state index in [1.54, 1.807) is 6.07 Å². The maximum Gasteiger partial charge on any atom is 0.416 e. The van der Waals surface area contributed by atoms with Crippen molar-refractivity contribution in [2.75, 3.05) is 6.54 Å². The number of fused-ring (bicyclic) bond motifs is 1. The molecule has 1 aromatic heterocycles. The van der Waals surface area contributed by atoms with Crippen LogP contribution in [-0.2, 0) is 29.4 Å². The van der Waals surface area contributed by atoms with Crippen LogP contribution in [0.5, 0.6) is 0 Å². The minimum atomic E-state index is -4.72. The Hall–Kier alpha value is -3.17. The lowest BCUT2D eigenvalue weighted by Crippen LogP contribution is -2.37. The molecule has 0 spiro atoms. The van der Waals surface area contributed by atoms with Gasteiger partial charge in [-0.25, -0.2) is 4.98 Å². The standard InChI is InChI=1S/C26H23ClF3N3O3/c27-16-6-3-5-15(13-16)25(10-11-25)24-31-20-9-4-12-33(14-18(20)22(35)32-24)23(36)21(34)17-7-1-2-8-19(17)26(28,29)30/h1-3,5-8,13,21,34H,4,9-12,14H2,(H,31,32,35). The molecule has 0 saturated heterocycles. The number of aromatic amines is 1. The summed E-state index contributed by atoms with van der Waals surface area (Å²) < 4.78 is 40.2. The first-order chi connectivity index (χ1) is 17.1. The van der Waals surface area contributed by atoms with Crippen LogP contribution < -0.4 is 5.56 Å². The van der Waals surface area contributed by atoms with E-state index in [0.717, 1.165) is 30.5 Å². The monoisotopic (exact) mass is 517 g/mol. The number of benzene rings is 2. The molecule has 2 aromatic carbocycles. The van der Waals surface area contributed by atoms with Crippen LogP contribution in [0.4, 0.5) is 13.2 Å². The number of halogens is 4. The second-order valence-corrected chi connectivity index (χ2v) is 9.72. The van der Waals surface area contributed by atoms with E-state index in [2.05, 4.69) is 4.98 Å². The molecule has 2 aliphatic rings. The van der Waals surface area contributed by atoms with Gasteiger partial charge < -0.3 is 15.0 Å². The Bertz CT molecular complexity index is 1380. The van der Waals surface area contributed by atoms with Crippen molar-refractivity contribution in [3.8, 4) is 0 Å². The molecule has 36 heavy (non-hydrogen) atoms. The van der Waals surface area contributed by atoms with E-state index in [-0.39, 0.29) is 18.7 Å². The van der Waals surface area contributed by atoms with E-state index in [4.69, 9.17) is 16.6 Å². The molecule has 1 saturated carbocycles. The van der Waals surface area contributed by atoms with E-state index in [0.29, 0.717) is 29.4 Å². The van der Waals surface area contributed by atoms with Crippen LogP contribution in [0.3, 0.4) is 0 Å². The molecule has 1 aliphatic heterocycles. The molecule has 1 atom stereocenters. The van der Waals surface area contributed by atoms with Gasteiger partial charge >= 0.3 is 6.18 Å². The van der Waals surface area contributed by atoms with Gasteiger partial charge in [0.15, 0.2) is 6.10 Å². The first-order valence-electron chi connectivity index (χ1n) is 11.6. The summed E-state index contributed by atoms with van der Waals surface area (Å²) in [6.45, 7) is 0.0286. The highest BCUT2D eigenvalue weighted by molar-refractivity contribution is 6.30. The Morgan fingerprint density at radius 2 is 1.92 bits per heavy atom. The molecular formula is C26H23ClF3N3O3. The number of alkyl halides is 3. The Morgan fingerprint density at radius 1 is 1.17 bits per heavy atom. The largest absolute Gasteiger partial charge is 0.416 e. The van der Waals surface area contributed by atoms with Gasteiger partial charge in [-0.1, -0.05) is 41.9 Å². The second kappa shape index (κ2) is 9.05. The zero-order valence-corrected chi connectivity index (χ0v) is 19.9. The van der Waals surface area contributed by atoms with Gasteiger partial charge in [0.05, 0.1) is 28.8 Å². The normalized spacial score (nSPS) is 17.8. The van der Waals surface area contributed by atoms with Crippen LogP contribution >= 0.6 is 11.6 Å². The molecule has 5 rings (SSSR count). The zero-order valence-electron chi connectivity index (χ0n) is 19.1. The summed E-state index contributed by atoms with van der Waals surface area (Å²) in [5.41, 5.74) is -0.591. The molecule has 1 unspecified atom stereocenters. The molecule has 2 heterocycles. The van der Waals surface area contributed by atoms with Gasteiger partial charge in [0, 0.05) is 17.1 Å². The Balaban J connectivity index is 1.44. The van der Waals surface area contributed by atoms with Crippen molar-refractivity contribution in [1.29, 1.82) is 0 Å². The first-order valence-corrected chi connectivity index (χ1v) is 12.0. The summed E-state index contributed by atoms with van der Waals surface area (Å²) in [5, 5.41) is 11.2. The van der Waals surface area contributed by atoms with E-state index in [9.17, 15) is 27.9 Å². The lowest BCUT2D eigenvalue weighted by atomic mass is 9.94. The summed E-state index contributed by atoms with van der Waals surface area (Å²) in [7, 11) is 0. The van der Waals surface area contributed by atoms with Gasteiger partial charge in [0.1, 0.15) is 5.82 Å². The number of amides is 1. The number of nitrogens with one attached hydrogen (secondary N) is 1. The Kier molecular flexibility index (Phi) is 6.16. The third-order valence-electron chi connectivity index (χ3n) is 6.98. The van der Waals surface area contributed by atoms with Crippen molar-refractivity contribution >= 4 is 17.5 Å². The number of hydrogen-bond acceptors (Lipinski definition) is 4. The summed E-state index contributed by atoms with van der Waals surface area (Å²) in [5.74, 6) is -0.340. The number of rotatable bonds is 4. The van der Waals surface area contributed by atoms with Crippen LogP contribution in [0.15, 0.2) is 53.3 Å². The van der Waals surface area contributed by atoms with Crippen LogP contribution in [0.1, 0.15) is 59.1 Å². The highest BCUT2D eigenvalue weighted by Gasteiger charge is 2.49. The van der Waals surface area contributed by atoms with Crippen LogP contribution in [0.25, 0.3) is 0 Å². The van der Waals surface area contributed by atoms with Gasteiger partial charge in [-0.3, -0.25) is 9.59 Å². The molecule has 0 radical (unpaired) electrons. The van der Waals surface area contributed by atoms with Crippen molar-refractivity contribution in [1.82, 2.24) is 14.9 Å². The van der Waals surface area contributed by atoms with E-state index in [1.165, 1.54) is 17.0 Å². The molecule has 3 aromatic rings. The number of aryl methyl sites for hydroxylation is 1. The number of carbonyl (C=O) groups is 1. The SMILES string of the molecule is O=C(C(O)c1ccccc1C(F)(F)F)N1CCCc2nc(C3(c4cccc(Cl)c4)CC3)[nH]c(=O)c2C1. The minimum absolute atomic E-state index is 0.147. The predicted molar refractivity (Wildman–Crippen MR) is 126 cm³/mol. The second-order valence-electron chi connectivity index (χ2n) is 9.28. The first kappa shape index (κ1) is 24.5. The number of H-pyrrole nitrogens is 1. The third kappa shape index (κ3) is 4.41. The number of hydrogen-bond donors (Lipinski definition) is 2. The summed E-state index contributed by atoms with van der Waals surface area (Å²) >= 11 is 6.17. The summed E-state index contributed by atoms with van der Waals surface area (Å²) in [4.78, 5) is 35.1. The molecule has 1 fully saturated rings. The number of aliphatic hydroxyl groups is 1. The number of carbonyl (C=O) groups excluding carboxylic acids is 1. The molecule has 10 heteroatoms. The van der Waals surface area contributed by atoms with Crippen molar-refractivity contribution in [2.24, 2.45) is 0 Å². The Labute approximate surface area is 209 Å². The van der Waals surface area contributed by atoms with E-state index in [1.807, 2.05) is 18.2 Å². The fraction of sp³-hybridized carbons (Fsp3) is 0.346. The molecule has 188 valence electrons. The molecule has 2 N–H and O–H groups in total. The highest BCUT2D eigenvalue weighted by atomic mass is 35.5. The van der Waals surface area contributed by atoms with Gasteiger partial charge in [-0.15, -0.1) is 0 Å². The molecule has 6 nitrogen and oxygen atoms in total. The zero-order chi connectivity index (χ0) is 25.7. The lowest BCUT2D eigenvalue weighted by Gasteiger charge is -2.25. The fourth-order valence-corrected chi connectivity index (χ4v) is 5.10. The van der Waals surface area contributed by atoms with Crippen molar-refractivity contribution in [3.05, 3.63) is 97.7 Å². The third-order valence-corrected chi connectivity index (χ3v) is 7.21. The van der Waals surface area contributed by atoms with Crippen molar-refractivity contribution in [2.45, 2.75) is 49.9 Å². The summed E-state index contributed by atoms with van der Waals surface area (Å²) in [6.07, 6.45) is -4.23. The maximum atomic E-state index is 13.4. The lowest BCUT2D eigenvalue weighted by molar-refractivity contribution is -0.145. The minimum Gasteiger partial charge on any atom is -0.378 e. The van der Waals surface area contributed by atoms with Gasteiger partial charge in [-0.2, -0.15) is 13.2 Å². The maximum absolute atomic E-state index is 13.4. The topological polar surface area (TPSA) is 86.3 Å². The van der Waals surface area contributed by atoms with Crippen LogP contribution in [0, 0.1) is 0 Å². The van der Waals surface area contributed by atoms with Crippen LogP contribution in [0.2, 0.25) is 5.02 Å². The van der Waals surface area contributed by atoms with Crippen LogP contribution in [-0.4, -0.2) is 32.4 Å². The average Bonchev–Trinajstić information content (AvgIpc) is 3.67. The molecular weight excluding hydrogens is 495 g/mol. The van der Waals surface area contributed by atoms with Crippen molar-refractivity contribution < 1.29 is 23.1 Å². The molecule has 1 aliphatic carbocycles. The van der Waals surface area contributed by atoms with E-state index < -0.39 is 40.3 Å². The van der Waals surface area contributed by atoms with Gasteiger partial charge in [-0.05, 0) is 49.4 Å². The summed E-state index contributed by atoms with van der Waals surface area (Å²) in [6, 6.07) is 11.9. The highest BCUT2D eigenvalue weighted by Crippen LogP contribution is 2.52. The van der Waals surface area contributed by atoms with E-state index >= 15 is 0 Å². The van der Waals surface area contributed by atoms with Crippen molar-refractivity contribution in [3.63, 3.8) is 0 Å². The number of aromatic nitrogens is 2. The number of nitrogens with zero attached hydrogens (tertiary/aromatic N) is 2. The fourth-order valence-electron chi connectivity index (χ4n) is 4.91. The average molecular weight is 518 g/mol. The molecule has 0 bridgehead atoms. The quantitative estimate of drug-likeness (QED) is 0.532. The van der Waals surface area contributed by atoms with Gasteiger partial charge in [0.2, 0.25) is 0 Å².